The van der Waals surface area contributed by atoms with E-state index >= 15 is 0 Å². The Labute approximate surface area is 137 Å². The first-order chi connectivity index (χ1) is 11.1. The molecule has 0 spiro atoms. The Morgan fingerprint density at radius 1 is 1.13 bits per heavy atom. The van der Waals surface area contributed by atoms with E-state index in [1.807, 2.05) is 19.1 Å². The monoisotopic (exact) mass is 336 g/mol. The molecular weight excluding hydrogens is 312 g/mol. The van der Waals surface area contributed by atoms with Gasteiger partial charge < -0.3 is 10.6 Å². The van der Waals surface area contributed by atoms with Crippen LogP contribution in [0.5, 0.6) is 0 Å². The Balaban J connectivity index is 1.61. The molecule has 6 nitrogen and oxygen atoms in total. The van der Waals surface area contributed by atoms with Gasteiger partial charge in [0.15, 0.2) is 5.96 Å². The molecule has 1 aromatic carbocycles. The zero-order valence-electron chi connectivity index (χ0n) is 13.4. The Hall–Kier alpha value is -1.60. The summed E-state index contributed by atoms with van der Waals surface area (Å²) in [6.45, 7) is 3.39. The third-order valence-electron chi connectivity index (χ3n) is 3.81. The summed E-state index contributed by atoms with van der Waals surface area (Å²) >= 11 is 0. The van der Waals surface area contributed by atoms with Crippen molar-refractivity contribution in [1.29, 1.82) is 0 Å². The van der Waals surface area contributed by atoms with Crippen LogP contribution in [0.1, 0.15) is 38.2 Å². The largest absolute Gasteiger partial charge is 0.357 e. The standard InChI is InChI=1S/C16H24N4O2S/c1-2-17-16(19-13-5-6-13)18-11-12-3-9-15(10-4-12)23(21,22)20-14-7-8-14/h3-4,9-10,13-14,20H,2,5-8,11H2,1H3,(H2,17,18,19). The van der Waals surface area contributed by atoms with Gasteiger partial charge in [-0.15, -0.1) is 0 Å². The number of rotatable bonds is 7. The third-order valence-corrected chi connectivity index (χ3v) is 5.35. The maximum atomic E-state index is 12.1. The quantitative estimate of drug-likeness (QED) is 0.518. The van der Waals surface area contributed by atoms with Crippen LogP contribution in [0.3, 0.4) is 0 Å². The predicted molar refractivity (Wildman–Crippen MR) is 90.8 cm³/mol. The van der Waals surface area contributed by atoms with Crippen LogP contribution in [0, 0.1) is 0 Å². The van der Waals surface area contributed by atoms with E-state index in [-0.39, 0.29) is 6.04 Å². The molecule has 2 saturated carbocycles. The van der Waals surface area contributed by atoms with E-state index in [0.717, 1.165) is 30.9 Å². The Morgan fingerprint density at radius 2 is 1.78 bits per heavy atom. The Kier molecular flexibility index (Phi) is 4.87. The van der Waals surface area contributed by atoms with Gasteiger partial charge in [0.25, 0.3) is 0 Å². The highest BCUT2D eigenvalue weighted by Crippen LogP contribution is 2.22. The van der Waals surface area contributed by atoms with Gasteiger partial charge >= 0.3 is 0 Å². The second kappa shape index (κ2) is 6.88. The van der Waals surface area contributed by atoms with Crippen molar-refractivity contribution >= 4 is 16.0 Å². The molecule has 2 aliphatic carbocycles. The molecule has 126 valence electrons. The molecule has 1 aromatic rings. The molecule has 2 aliphatic rings. The van der Waals surface area contributed by atoms with Gasteiger partial charge in [-0.3, -0.25) is 0 Å². The summed E-state index contributed by atoms with van der Waals surface area (Å²) in [7, 11) is -3.37. The minimum absolute atomic E-state index is 0.125. The van der Waals surface area contributed by atoms with Crippen molar-refractivity contribution in [3.8, 4) is 0 Å². The van der Waals surface area contributed by atoms with Gasteiger partial charge in [-0.1, -0.05) is 12.1 Å². The van der Waals surface area contributed by atoms with Crippen LogP contribution in [-0.2, 0) is 16.6 Å². The van der Waals surface area contributed by atoms with Crippen LogP contribution in [0.15, 0.2) is 34.2 Å². The smallest absolute Gasteiger partial charge is 0.240 e. The highest BCUT2D eigenvalue weighted by Gasteiger charge is 2.27. The van der Waals surface area contributed by atoms with Gasteiger partial charge in [0.1, 0.15) is 0 Å². The van der Waals surface area contributed by atoms with Crippen molar-refractivity contribution in [2.24, 2.45) is 4.99 Å². The molecule has 3 rings (SSSR count). The first-order valence-electron chi connectivity index (χ1n) is 8.23. The fourth-order valence-corrected chi connectivity index (χ4v) is 3.48. The fraction of sp³-hybridized carbons (Fsp3) is 0.562. The molecule has 3 N–H and O–H groups in total. The summed E-state index contributed by atoms with van der Waals surface area (Å²) in [5.74, 6) is 0.821. The van der Waals surface area contributed by atoms with E-state index in [1.54, 1.807) is 12.1 Å². The van der Waals surface area contributed by atoms with Gasteiger partial charge in [-0.2, -0.15) is 0 Å². The molecule has 0 aromatic heterocycles. The predicted octanol–water partition coefficient (Wildman–Crippen LogP) is 1.34. The number of aliphatic imine (C=N–C) groups is 1. The number of nitrogens with one attached hydrogen (secondary N) is 3. The van der Waals surface area contributed by atoms with E-state index in [2.05, 4.69) is 20.3 Å². The molecule has 0 atom stereocenters. The molecule has 0 amide bonds. The number of nitrogens with zero attached hydrogens (tertiary/aromatic N) is 1. The lowest BCUT2D eigenvalue weighted by Crippen LogP contribution is -2.38. The highest BCUT2D eigenvalue weighted by molar-refractivity contribution is 7.89. The minimum Gasteiger partial charge on any atom is -0.357 e. The van der Waals surface area contributed by atoms with Crippen LogP contribution in [0.2, 0.25) is 0 Å². The number of hydrogen-bond acceptors (Lipinski definition) is 3. The van der Waals surface area contributed by atoms with Gasteiger partial charge in [-0.05, 0) is 50.3 Å². The number of guanidine groups is 1. The zero-order valence-corrected chi connectivity index (χ0v) is 14.2. The van der Waals surface area contributed by atoms with E-state index < -0.39 is 10.0 Å². The van der Waals surface area contributed by atoms with E-state index in [9.17, 15) is 8.42 Å². The fourth-order valence-electron chi connectivity index (χ4n) is 2.17. The topological polar surface area (TPSA) is 82.6 Å². The first kappa shape index (κ1) is 16.3. The van der Waals surface area contributed by atoms with E-state index in [0.29, 0.717) is 17.5 Å². The Bertz CT molecular complexity index is 662. The highest BCUT2D eigenvalue weighted by atomic mass is 32.2. The van der Waals surface area contributed by atoms with Crippen molar-refractivity contribution in [3.63, 3.8) is 0 Å². The zero-order chi connectivity index (χ0) is 16.3. The van der Waals surface area contributed by atoms with Gasteiger partial charge in [0, 0.05) is 18.6 Å². The summed E-state index contributed by atoms with van der Waals surface area (Å²) in [4.78, 5) is 4.86. The first-order valence-corrected chi connectivity index (χ1v) is 9.71. The molecule has 0 heterocycles. The van der Waals surface area contributed by atoms with Crippen molar-refractivity contribution in [1.82, 2.24) is 15.4 Å². The maximum absolute atomic E-state index is 12.1. The van der Waals surface area contributed by atoms with E-state index in [1.165, 1.54) is 12.8 Å². The van der Waals surface area contributed by atoms with Crippen molar-refractivity contribution in [2.45, 2.75) is 56.1 Å². The summed E-state index contributed by atoms with van der Waals surface area (Å²) in [5.41, 5.74) is 0.989. The van der Waals surface area contributed by atoms with Gasteiger partial charge in [0.05, 0.1) is 11.4 Å². The summed E-state index contributed by atoms with van der Waals surface area (Å²) < 4.78 is 26.9. The number of benzene rings is 1. The molecule has 7 heteroatoms. The normalized spacial score (nSPS) is 18.7. The molecule has 0 bridgehead atoms. The third kappa shape index (κ3) is 4.94. The minimum atomic E-state index is -3.37. The van der Waals surface area contributed by atoms with Crippen molar-refractivity contribution in [3.05, 3.63) is 29.8 Å². The average Bonchev–Trinajstić information content (AvgIpc) is 3.42. The molecule has 0 saturated heterocycles. The summed E-state index contributed by atoms with van der Waals surface area (Å²) in [6, 6.07) is 7.62. The number of hydrogen-bond donors (Lipinski definition) is 3. The molecule has 0 aliphatic heterocycles. The maximum Gasteiger partial charge on any atom is 0.240 e. The Morgan fingerprint density at radius 3 is 2.35 bits per heavy atom. The molecule has 0 radical (unpaired) electrons. The lowest BCUT2D eigenvalue weighted by atomic mass is 10.2. The lowest BCUT2D eigenvalue weighted by molar-refractivity contribution is 0.581. The molecular formula is C16H24N4O2S. The van der Waals surface area contributed by atoms with Gasteiger partial charge in [-0.25, -0.2) is 18.1 Å². The van der Waals surface area contributed by atoms with Crippen LogP contribution in [0.4, 0.5) is 0 Å². The average molecular weight is 336 g/mol. The lowest BCUT2D eigenvalue weighted by Gasteiger charge is -2.10. The van der Waals surface area contributed by atoms with Crippen LogP contribution >= 0.6 is 0 Å². The van der Waals surface area contributed by atoms with Crippen molar-refractivity contribution in [2.75, 3.05) is 6.54 Å². The SMILES string of the molecule is CCNC(=NCc1ccc(S(=O)(=O)NC2CC2)cc1)NC1CC1. The number of sulfonamides is 1. The van der Waals surface area contributed by atoms with Gasteiger partial charge in [0.2, 0.25) is 10.0 Å². The summed E-state index contributed by atoms with van der Waals surface area (Å²) in [6.07, 6.45) is 4.27. The van der Waals surface area contributed by atoms with Crippen molar-refractivity contribution < 1.29 is 8.42 Å². The molecule has 2 fully saturated rings. The second-order valence-corrected chi connectivity index (χ2v) is 7.87. The van der Waals surface area contributed by atoms with E-state index in [4.69, 9.17) is 0 Å². The van der Waals surface area contributed by atoms with Crippen LogP contribution < -0.4 is 15.4 Å². The summed E-state index contributed by atoms with van der Waals surface area (Å²) in [5, 5.41) is 6.58. The molecule has 23 heavy (non-hydrogen) atoms. The second-order valence-electron chi connectivity index (χ2n) is 6.15. The van der Waals surface area contributed by atoms with Crippen LogP contribution in [-0.4, -0.2) is 33.0 Å². The van der Waals surface area contributed by atoms with Crippen LogP contribution in [0.25, 0.3) is 0 Å². The molecule has 0 unspecified atom stereocenters.